The van der Waals surface area contributed by atoms with Crippen LogP contribution in [0, 0.1) is 0 Å². The molecule has 0 aromatic heterocycles. The molecule has 0 bridgehead atoms. The number of fused-ring (bicyclic) bond motifs is 1. The fourth-order valence-electron chi connectivity index (χ4n) is 2.13. The van der Waals surface area contributed by atoms with Crippen molar-refractivity contribution in [2.24, 2.45) is 0 Å². The van der Waals surface area contributed by atoms with Gasteiger partial charge in [-0.05, 0) is 29.3 Å². The van der Waals surface area contributed by atoms with Crippen LogP contribution in [-0.2, 0) is 11.2 Å². The largest absolute Gasteiger partial charge is 0.310 e. The molecule has 94 valence electrons. The Morgan fingerprint density at radius 1 is 1.11 bits per heavy atom. The predicted molar refractivity (Wildman–Crippen MR) is 75.8 cm³/mol. The van der Waals surface area contributed by atoms with E-state index in [0.29, 0.717) is 13.0 Å². The van der Waals surface area contributed by atoms with Crippen molar-refractivity contribution in [3.8, 4) is 0 Å². The van der Waals surface area contributed by atoms with E-state index in [0.717, 1.165) is 18.5 Å². The van der Waals surface area contributed by atoms with Crippen molar-refractivity contribution in [1.29, 1.82) is 0 Å². The number of nitrogens with one attached hydrogen (secondary N) is 1. The molecule has 0 spiro atoms. The van der Waals surface area contributed by atoms with Gasteiger partial charge in [-0.1, -0.05) is 49.4 Å². The average Bonchev–Trinajstić information content (AvgIpc) is 2.39. The highest BCUT2D eigenvalue weighted by Crippen LogP contribution is 2.18. The van der Waals surface area contributed by atoms with Crippen molar-refractivity contribution >= 4 is 16.6 Å². The number of hydrogen-bond acceptors (Lipinski definition) is 2. The summed E-state index contributed by atoms with van der Waals surface area (Å²) < 4.78 is 0. The van der Waals surface area contributed by atoms with Crippen LogP contribution in [0.5, 0.6) is 0 Å². The molecule has 0 radical (unpaired) electrons. The van der Waals surface area contributed by atoms with Gasteiger partial charge in [0.05, 0.1) is 6.54 Å². The van der Waals surface area contributed by atoms with Gasteiger partial charge in [-0.2, -0.15) is 0 Å². The van der Waals surface area contributed by atoms with Crippen LogP contribution in [0.2, 0.25) is 0 Å². The van der Waals surface area contributed by atoms with Crippen molar-refractivity contribution in [3.63, 3.8) is 0 Å². The van der Waals surface area contributed by atoms with E-state index in [-0.39, 0.29) is 5.78 Å². The molecule has 0 aliphatic rings. The summed E-state index contributed by atoms with van der Waals surface area (Å²) in [4.78, 5) is 11.9. The summed E-state index contributed by atoms with van der Waals surface area (Å²) in [6, 6.07) is 14.3. The average molecular weight is 241 g/mol. The van der Waals surface area contributed by atoms with Gasteiger partial charge in [-0.25, -0.2) is 0 Å². The minimum Gasteiger partial charge on any atom is -0.310 e. The number of Topliss-reactive ketones (excluding diaryl/α,β-unsaturated/α-hetero) is 1. The second kappa shape index (κ2) is 6.31. The summed E-state index contributed by atoms with van der Waals surface area (Å²) in [5.41, 5.74) is 1.12. The van der Waals surface area contributed by atoms with Crippen LogP contribution in [0.3, 0.4) is 0 Å². The van der Waals surface area contributed by atoms with E-state index in [4.69, 9.17) is 0 Å². The van der Waals surface area contributed by atoms with Crippen LogP contribution in [0.4, 0.5) is 0 Å². The molecule has 0 aliphatic heterocycles. The maximum Gasteiger partial charge on any atom is 0.150 e. The molecule has 0 aliphatic carbocycles. The maximum atomic E-state index is 11.9. The molecular weight excluding hydrogens is 222 g/mol. The molecule has 2 aromatic rings. The van der Waals surface area contributed by atoms with E-state index in [9.17, 15) is 4.79 Å². The Labute approximate surface area is 108 Å². The van der Waals surface area contributed by atoms with Crippen LogP contribution < -0.4 is 5.32 Å². The molecular formula is C16H19NO. The molecule has 2 rings (SSSR count). The van der Waals surface area contributed by atoms with Gasteiger partial charge in [0, 0.05) is 6.42 Å². The second-order valence-corrected chi connectivity index (χ2v) is 4.53. The van der Waals surface area contributed by atoms with Gasteiger partial charge in [-0.3, -0.25) is 4.79 Å². The van der Waals surface area contributed by atoms with Gasteiger partial charge < -0.3 is 5.32 Å². The molecule has 0 saturated heterocycles. The number of benzene rings is 2. The van der Waals surface area contributed by atoms with Crippen LogP contribution in [-0.4, -0.2) is 18.9 Å². The van der Waals surface area contributed by atoms with Gasteiger partial charge in [0.2, 0.25) is 0 Å². The molecule has 0 heterocycles. The smallest absolute Gasteiger partial charge is 0.150 e. The van der Waals surface area contributed by atoms with Crippen molar-refractivity contribution < 1.29 is 4.79 Å². The zero-order valence-electron chi connectivity index (χ0n) is 10.8. The van der Waals surface area contributed by atoms with E-state index in [1.165, 1.54) is 10.8 Å². The monoisotopic (exact) mass is 241 g/mol. The lowest BCUT2D eigenvalue weighted by Crippen LogP contribution is -2.24. The molecule has 0 amide bonds. The number of hydrogen-bond donors (Lipinski definition) is 1. The van der Waals surface area contributed by atoms with Crippen LogP contribution in [0.25, 0.3) is 10.8 Å². The zero-order chi connectivity index (χ0) is 12.8. The molecule has 0 saturated carbocycles. The maximum absolute atomic E-state index is 11.9. The van der Waals surface area contributed by atoms with E-state index < -0.39 is 0 Å². The highest BCUT2D eigenvalue weighted by molar-refractivity contribution is 5.91. The Bertz CT molecular complexity index is 528. The topological polar surface area (TPSA) is 29.1 Å². The summed E-state index contributed by atoms with van der Waals surface area (Å²) >= 11 is 0. The zero-order valence-corrected chi connectivity index (χ0v) is 10.8. The quantitative estimate of drug-likeness (QED) is 0.788. The van der Waals surface area contributed by atoms with Crippen LogP contribution in [0.1, 0.15) is 18.9 Å². The fourth-order valence-corrected chi connectivity index (χ4v) is 2.13. The Morgan fingerprint density at radius 3 is 2.72 bits per heavy atom. The van der Waals surface area contributed by atoms with Crippen molar-refractivity contribution in [3.05, 3.63) is 48.0 Å². The highest BCUT2D eigenvalue weighted by Gasteiger charge is 2.06. The molecule has 0 fully saturated rings. The van der Waals surface area contributed by atoms with Gasteiger partial charge in [-0.15, -0.1) is 0 Å². The normalized spacial score (nSPS) is 10.7. The van der Waals surface area contributed by atoms with Gasteiger partial charge in [0.1, 0.15) is 0 Å². The standard InChI is InChI=1S/C16H19NO/c1-2-10-17-12-15(18)11-14-8-5-7-13-6-3-4-9-16(13)14/h3-9,17H,2,10-12H2,1H3. The third-order valence-electron chi connectivity index (χ3n) is 3.02. The SMILES string of the molecule is CCCNCC(=O)Cc1cccc2ccccc12. The first-order valence-corrected chi connectivity index (χ1v) is 6.50. The lowest BCUT2D eigenvalue weighted by atomic mass is 10.0. The molecule has 0 atom stereocenters. The fraction of sp³-hybridized carbons (Fsp3) is 0.312. The van der Waals surface area contributed by atoms with Crippen LogP contribution >= 0.6 is 0 Å². The number of rotatable bonds is 6. The number of carbonyl (C=O) groups is 1. The van der Waals surface area contributed by atoms with E-state index in [1.807, 2.05) is 24.3 Å². The lowest BCUT2D eigenvalue weighted by Gasteiger charge is -2.06. The summed E-state index contributed by atoms with van der Waals surface area (Å²) in [6.07, 6.45) is 1.57. The first-order chi connectivity index (χ1) is 8.81. The van der Waals surface area contributed by atoms with Gasteiger partial charge in [0.15, 0.2) is 5.78 Å². The van der Waals surface area contributed by atoms with Gasteiger partial charge >= 0.3 is 0 Å². The Morgan fingerprint density at radius 2 is 1.89 bits per heavy atom. The third kappa shape index (κ3) is 3.17. The predicted octanol–water partition coefficient (Wildman–Crippen LogP) is 2.95. The third-order valence-corrected chi connectivity index (χ3v) is 3.02. The molecule has 2 heteroatoms. The summed E-state index contributed by atoms with van der Waals surface area (Å²) in [5, 5.41) is 5.54. The molecule has 1 N–H and O–H groups in total. The van der Waals surface area contributed by atoms with Crippen molar-refractivity contribution in [2.45, 2.75) is 19.8 Å². The minimum absolute atomic E-state index is 0.250. The van der Waals surface area contributed by atoms with E-state index in [1.54, 1.807) is 0 Å². The molecule has 2 nitrogen and oxygen atoms in total. The Kier molecular flexibility index (Phi) is 4.48. The first kappa shape index (κ1) is 12.8. The molecule has 2 aromatic carbocycles. The lowest BCUT2D eigenvalue weighted by molar-refractivity contribution is -0.117. The van der Waals surface area contributed by atoms with E-state index in [2.05, 4.69) is 30.4 Å². The second-order valence-electron chi connectivity index (χ2n) is 4.53. The number of carbonyl (C=O) groups excluding carboxylic acids is 1. The Hall–Kier alpha value is -1.67. The van der Waals surface area contributed by atoms with Crippen molar-refractivity contribution in [2.75, 3.05) is 13.1 Å². The van der Waals surface area contributed by atoms with Gasteiger partial charge in [0.25, 0.3) is 0 Å². The summed E-state index contributed by atoms with van der Waals surface area (Å²) in [6.45, 7) is 3.47. The summed E-state index contributed by atoms with van der Waals surface area (Å²) in [5.74, 6) is 0.250. The summed E-state index contributed by atoms with van der Waals surface area (Å²) in [7, 11) is 0. The highest BCUT2D eigenvalue weighted by atomic mass is 16.1. The first-order valence-electron chi connectivity index (χ1n) is 6.50. The minimum atomic E-state index is 0.250. The van der Waals surface area contributed by atoms with Crippen LogP contribution in [0.15, 0.2) is 42.5 Å². The van der Waals surface area contributed by atoms with Crippen molar-refractivity contribution in [1.82, 2.24) is 5.32 Å². The Balaban J connectivity index is 2.09. The number of ketones is 1. The molecule has 0 unspecified atom stereocenters. The van der Waals surface area contributed by atoms with E-state index >= 15 is 0 Å². The molecule has 18 heavy (non-hydrogen) atoms.